The first-order chi connectivity index (χ1) is 16.6. The number of benzene rings is 1. The maximum atomic E-state index is 14.9. The van der Waals surface area contributed by atoms with Gasteiger partial charge in [0.25, 0.3) is 5.92 Å². The van der Waals surface area contributed by atoms with Crippen LogP contribution in [0, 0.1) is 17.5 Å². The number of carbonyl (C=O) groups excluding carboxylic acids is 2. The van der Waals surface area contributed by atoms with Gasteiger partial charge >= 0.3 is 0 Å². The van der Waals surface area contributed by atoms with Crippen LogP contribution in [0.25, 0.3) is 0 Å². The maximum Gasteiger partial charge on any atom is 0.291 e. The van der Waals surface area contributed by atoms with Gasteiger partial charge in [-0.25, -0.2) is 13.2 Å². The van der Waals surface area contributed by atoms with Crippen LogP contribution in [0.3, 0.4) is 0 Å². The summed E-state index contributed by atoms with van der Waals surface area (Å²) in [6, 6.07) is -3.06. The highest BCUT2D eigenvalue weighted by molar-refractivity contribution is 5.89. The number of amides is 2. The summed E-state index contributed by atoms with van der Waals surface area (Å²) >= 11 is 0. The lowest BCUT2D eigenvalue weighted by Crippen LogP contribution is -2.56. The van der Waals surface area contributed by atoms with Crippen molar-refractivity contribution in [1.82, 2.24) is 10.2 Å². The molecule has 10 heteroatoms. The van der Waals surface area contributed by atoms with E-state index >= 15 is 0 Å². The molecule has 0 aromatic heterocycles. The fourth-order valence-corrected chi connectivity index (χ4v) is 4.48. The van der Waals surface area contributed by atoms with Crippen molar-refractivity contribution in [2.75, 3.05) is 6.54 Å². The third kappa shape index (κ3) is 5.17. The van der Waals surface area contributed by atoms with Crippen molar-refractivity contribution in [3.05, 3.63) is 70.6 Å². The second-order valence-electron chi connectivity index (χ2n) is 9.18. The van der Waals surface area contributed by atoms with Gasteiger partial charge in [0.05, 0.1) is 11.6 Å². The Morgan fingerprint density at radius 2 is 1.83 bits per heavy atom. The zero-order valence-electron chi connectivity index (χ0n) is 18.9. The van der Waals surface area contributed by atoms with E-state index in [1.165, 1.54) is 4.90 Å². The van der Waals surface area contributed by atoms with Crippen molar-refractivity contribution >= 4 is 11.8 Å². The monoisotopic (exact) mass is 495 g/mol. The molecule has 1 aromatic rings. The molecule has 0 saturated heterocycles. The first-order valence-corrected chi connectivity index (χ1v) is 11.5. The predicted octanol–water partition coefficient (Wildman–Crippen LogP) is 4.00. The Balaban J connectivity index is 1.55. The molecule has 2 atom stereocenters. The van der Waals surface area contributed by atoms with Crippen LogP contribution < -0.4 is 11.1 Å². The fourth-order valence-electron chi connectivity index (χ4n) is 4.48. The van der Waals surface area contributed by atoms with Crippen LogP contribution in [-0.4, -0.2) is 41.4 Å². The molecule has 4 rings (SSSR count). The van der Waals surface area contributed by atoms with Gasteiger partial charge in [-0.3, -0.25) is 9.59 Å². The van der Waals surface area contributed by atoms with Gasteiger partial charge in [-0.1, -0.05) is 24.3 Å². The van der Waals surface area contributed by atoms with Crippen molar-refractivity contribution in [2.45, 2.75) is 62.6 Å². The molecule has 35 heavy (non-hydrogen) atoms. The largest absolute Gasteiger partial charge is 0.352 e. The van der Waals surface area contributed by atoms with Gasteiger partial charge in [0.15, 0.2) is 11.6 Å². The molecular weight excluding hydrogens is 469 g/mol. The van der Waals surface area contributed by atoms with E-state index in [0.29, 0.717) is 6.42 Å². The summed E-state index contributed by atoms with van der Waals surface area (Å²) in [4.78, 5) is 27.4. The number of hydrogen-bond acceptors (Lipinski definition) is 3. The molecule has 2 unspecified atom stereocenters. The third-order valence-electron chi connectivity index (χ3n) is 6.82. The Morgan fingerprint density at radius 1 is 1.11 bits per heavy atom. The fraction of sp³-hybridized carbons (Fsp3) is 0.440. The van der Waals surface area contributed by atoms with Crippen LogP contribution in [0.1, 0.15) is 44.1 Å². The number of rotatable bonds is 6. The number of halogens is 5. The molecule has 2 amide bonds. The van der Waals surface area contributed by atoms with Gasteiger partial charge in [0, 0.05) is 31.5 Å². The molecule has 5 nitrogen and oxygen atoms in total. The van der Waals surface area contributed by atoms with Gasteiger partial charge in [0.1, 0.15) is 11.9 Å². The van der Waals surface area contributed by atoms with E-state index in [1.807, 2.05) is 24.3 Å². The summed E-state index contributed by atoms with van der Waals surface area (Å²) in [6.07, 6.45) is 9.94. The molecule has 2 aliphatic carbocycles. The maximum absolute atomic E-state index is 14.9. The Morgan fingerprint density at radius 3 is 2.51 bits per heavy atom. The van der Waals surface area contributed by atoms with Crippen LogP contribution in [0.2, 0.25) is 0 Å². The molecule has 0 radical (unpaired) electrons. The topological polar surface area (TPSA) is 75.4 Å². The molecule has 1 heterocycles. The van der Waals surface area contributed by atoms with Gasteiger partial charge in [-0.2, -0.15) is 8.78 Å². The van der Waals surface area contributed by atoms with E-state index < -0.39 is 53.3 Å². The minimum atomic E-state index is -4.16. The molecule has 3 N–H and O–H groups in total. The van der Waals surface area contributed by atoms with E-state index in [1.54, 1.807) is 0 Å². The average molecular weight is 495 g/mol. The van der Waals surface area contributed by atoms with Crippen molar-refractivity contribution in [3.8, 4) is 0 Å². The molecule has 3 aliphatic rings. The molecule has 188 valence electrons. The highest BCUT2D eigenvalue weighted by Gasteiger charge is 2.45. The van der Waals surface area contributed by atoms with Crippen molar-refractivity contribution in [3.63, 3.8) is 0 Å². The van der Waals surface area contributed by atoms with E-state index in [2.05, 4.69) is 5.32 Å². The highest BCUT2D eigenvalue weighted by Crippen LogP contribution is 2.36. The van der Waals surface area contributed by atoms with Gasteiger partial charge < -0.3 is 16.0 Å². The summed E-state index contributed by atoms with van der Waals surface area (Å²) < 4.78 is 70.6. The molecule has 1 aliphatic heterocycles. The third-order valence-corrected chi connectivity index (χ3v) is 6.82. The molecule has 0 spiro atoms. The normalized spacial score (nSPS) is 21.3. The van der Waals surface area contributed by atoms with Crippen molar-refractivity contribution in [1.29, 1.82) is 0 Å². The number of carbonyl (C=O) groups is 2. The van der Waals surface area contributed by atoms with Crippen molar-refractivity contribution in [2.24, 2.45) is 5.73 Å². The van der Waals surface area contributed by atoms with Gasteiger partial charge in [-0.15, -0.1) is 0 Å². The second-order valence-corrected chi connectivity index (χ2v) is 9.18. The standard InChI is InChI=1S/C25H26F5N3O2/c26-18-11-20(28)19(27)10-17(18)25(29,30)22(31)12-23(34)33-13-15-6-3-1-2-5-14(15)9-21(33)24(35)32-16-7-4-8-16/h1-3,5,10-11,16,21-22H,4,6-9,12-13,31H2,(H,32,35). The summed E-state index contributed by atoms with van der Waals surface area (Å²) in [7, 11) is 0. The second kappa shape index (κ2) is 9.93. The molecule has 1 fully saturated rings. The number of nitrogens with one attached hydrogen (secondary N) is 1. The lowest BCUT2D eigenvalue weighted by molar-refractivity contribution is -0.143. The lowest BCUT2D eigenvalue weighted by atomic mass is 9.89. The highest BCUT2D eigenvalue weighted by atomic mass is 19.3. The quantitative estimate of drug-likeness (QED) is 0.463. The molecular formula is C25H26F5N3O2. The Labute approximate surface area is 199 Å². The lowest BCUT2D eigenvalue weighted by Gasteiger charge is -2.39. The Kier molecular flexibility index (Phi) is 7.12. The summed E-state index contributed by atoms with van der Waals surface area (Å²) in [5.41, 5.74) is 5.98. The van der Waals surface area contributed by atoms with Crippen LogP contribution in [0.5, 0.6) is 0 Å². The minimum Gasteiger partial charge on any atom is -0.352 e. The summed E-state index contributed by atoms with van der Waals surface area (Å²) in [5, 5.41) is 2.91. The SMILES string of the molecule is NC(CC(=O)N1CC2=C(C=CC=CC2)CC1C(=O)NC1CCC1)C(F)(F)c1cc(F)c(F)cc1F. The molecule has 1 saturated carbocycles. The van der Waals surface area contributed by atoms with Crippen molar-refractivity contribution < 1.29 is 31.5 Å². The zero-order valence-corrected chi connectivity index (χ0v) is 18.9. The van der Waals surface area contributed by atoms with Crippen LogP contribution in [-0.2, 0) is 15.5 Å². The van der Waals surface area contributed by atoms with Crippen LogP contribution in [0.4, 0.5) is 22.0 Å². The number of nitrogens with zero attached hydrogens (tertiary/aromatic N) is 1. The van der Waals surface area contributed by atoms with E-state index in [-0.39, 0.29) is 37.0 Å². The zero-order chi connectivity index (χ0) is 25.3. The summed E-state index contributed by atoms with van der Waals surface area (Å²) in [6.45, 7) is 0.0590. The number of allylic oxidation sites excluding steroid dienone is 4. The first kappa shape index (κ1) is 25.1. The molecule has 1 aromatic carbocycles. The number of nitrogens with two attached hydrogens (primary N) is 1. The van der Waals surface area contributed by atoms with E-state index in [0.717, 1.165) is 30.4 Å². The summed E-state index contributed by atoms with van der Waals surface area (Å²) in [5.74, 6) is -10.3. The van der Waals surface area contributed by atoms with Crippen LogP contribution >= 0.6 is 0 Å². The van der Waals surface area contributed by atoms with E-state index in [4.69, 9.17) is 5.73 Å². The minimum absolute atomic E-state index is 0.0136. The smallest absolute Gasteiger partial charge is 0.291 e. The average Bonchev–Trinajstić information content (AvgIpc) is 3.02. The Bertz CT molecular complexity index is 1110. The van der Waals surface area contributed by atoms with E-state index in [9.17, 15) is 31.5 Å². The first-order valence-electron chi connectivity index (χ1n) is 11.5. The number of alkyl halides is 2. The molecule has 0 bridgehead atoms. The predicted molar refractivity (Wildman–Crippen MR) is 119 cm³/mol. The van der Waals surface area contributed by atoms with Gasteiger partial charge in [0.2, 0.25) is 11.8 Å². The Hall–Kier alpha value is -3.01. The van der Waals surface area contributed by atoms with Crippen LogP contribution in [0.15, 0.2) is 47.6 Å². The number of hydrogen-bond donors (Lipinski definition) is 2. The van der Waals surface area contributed by atoms with Gasteiger partial charge in [-0.05, 0) is 42.9 Å².